The van der Waals surface area contributed by atoms with E-state index in [4.69, 9.17) is 30.2 Å². The van der Waals surface area contributed by atoms with Gasteiger partial charge in [0.25, 0.3) is 11.6 Å². The van der Waals surface area contributed by atoms with E-state index < -0.39 is 25.0 Å². The average Bonchev–Trinajstić information content (AvgIpc) is 3.79. The summed E-state index contributed by atoms with van der Waals surface area (Å²) in [5.41, 5.74) is 11.4. The third-order valence-electron chi connectivity index (χ3n) is 4.60. The molecule has 43 heavy (non-hydrogen) atoms. The Balaban J connectivity index is 1.40. The maximum absolute atomic E-state index is 12.0. The fourth-order valence-electron chi connectivity index (χ4n) is 2.82. The number of esters is 2. The van der Waals surface area contributed by atoms with Crippen molar-refractivity contribution < 1.29 is 37.6 Å². The minimum Gasteiger partial charge on any atom is -0.465 e. The summed E-state index contributed by atoms with van der Waals surface area (Å²) in [6.45, 7) is 2.63. The molecule has 6 N–H and O–H groups in total. The largest absolute Gasteiger partial charge is 0.465 e. The molecule has 4 heterocycles. The third kappa shape index (κ3) is 7.79. The van der Waals surface area contributed by atoms with E-state index in [0.29, 0.717) is 0 Å². The van der Waals surface area contributed by atoms with Crippen LogP contribution in [0.25, 0.3) is 0 Å². The normalized spacial score (nSPS) is 11.2. The zero-order valence-corrected chi connectivity index (χ0v) is 22.2. The van der Waals surface area contributed by atoms with E-state index >= 15 is 0 Å². The van der Waals surface area contributed by atoms with Crippen molar-refractivity contribution in [3.05, 3.63) is 0 Å². The van der Waals surface area contributed by atoms with Crippen molar-refractivity contribution in [2.45, 2.75) is 13.8 Å². The molecule has 0 radical (unpaired) electrons. The Kier molecular flexibility index (Phi) is 9.75. The Bertz CT molecular complexity index is 1430. The Morgan fingerprint density at radius 2 is 1.12 bits per heavy atom. The van der Waals surface area contributed by atoms with Crippen LogP contribution in [0.15, 0.2) is 39.2 Å². The first-order valence-corrected chi connectivity index (χ1v) is 11.9. The van der Waals surface area contributed by atoms with Crippen LogP contribution in [0.5, 0.6) is 0 Å². The van der Waals surface area contributed by atoms with Gasteiger partial charge in [0.1, 0.15) is 13.1 Å². The SMILES string of the molecule is CCOC(=O)CN(N=Nc1nonc1NCNc1nonc1N=NN(CC(=O)OCC)c1nonc1N)c1nonc1N. The quantitative estimate of drug-likeness (QED) is 0.0564. The van der Waals surface area contributed by atoms with E-state index in [0.717, 1.165) is 10.0 Å². The molecule has 4 rings (SSSR count). The van der Waals surface area contributed by atoms with Crippen LogP contribution in [-0.4, -0.2) is 86.2 Å². The van der Waals surface area contributed by atoms with Crippen molar-refractivity contribution in [1.82, 2.24) is 41.3 Å². The molecule has 0 amide bonds. The summed E-state index contributed by atoms with van der Waals surface area (Å²) in [6, 6.07) is 0. The lowest BCUT2D eigenvalue weighted by atomic mass is 10.5. The molecule has 26 heteroatoms. The molecule has 228 valence electrons. The van der Waals surface area contributed by atoms with Crippen LogP contribution in [0.2, 0.25) is 0 Å². The Morgan fingerprint density at radius 1 is 0.698 bits per heavy atom. The highest BCUT2D eigenvalue weighted by Crippen LogP contribution is 2.25. The molecule has 4 aromatic rings. The summed E-state index contributed by atoms with van der Waals surface area (Å²) >= 11 is 0. The third-order valence-corrected chi connectivity index (χ3v) is 4.60. The number of rotatable bonds is 16. The van der Waals surface area contributed by atoms with Gasteiger partial charge in [-0.2, -0.15) is 0 Å². The lowest BCUT2D eigenvalue weighted by Crippen LogP contribution is -2.27. The smallest absolute Gasteiger partial charge is 0.327 e. The van der Waals surface area contributed by atoms with Crippen LogP contribution >= 0.6 is 0 Å². The van der Waals surface area contributed by atoms with Crippen LogP contribution in [0.1, 0.15) is 13.8 Å². The van der Waals surface area contributed by atoms with E-state index in [1.54, 1.807) is 13.8 Å². The zero-order valence-electron chi connectivity index (χ0n) is 22.2. The number of anilines is 6. The van der Waals surface area contributed by atoms with Gasteiger partial charge in [-0.25, -0.2) is 28.5 Å². The van der Waals surface area contributed by atoms with E-state index in [-0.39, 0.29) is 66.4 Å². The monoisotopic (exact) mass is 606 g/mol. The average molecular weight is 606 g/mol. The predicted octanol–water partition coefficient (Wildman–Crippen LogP) is 0.00130. The molecule has 4 aromatic heterocycles. The molecule has 0 saturated heterocycles. The van der Waals surface area contributed by atoms with E-state index in [9.17, 15) is 9.59 Å². The fraction of sp³-hybridized carbons (Fsp3) is 0.412. The van der Waals surface area contributed by atoms with Crippen molar-refractivity contribution in [1.29, 1.82) is 0 Å². The highest BCUT2D eigenvalue weighted by molar-refractivity contribution is 5.77. The molecular weight excluding hydrogens is 584 g/mol. The second-order valence-corrected chi connectivity index (χ2v) is 7.45. The Hall–Kier alpha value is -6.50. The molecule has 0 spiro atoms. The number of carbonyl (C=O) groups is 2. The second-order valence-electron chi connectivity index (χ2n) is 7.45. The van der Waals surface area contributed by atoms with Crippen molar-refractivity contribution in [2.24, 2.45) is 20.7 Å². The Labute approximate surface area is 237 Å². The van der Waals surface area contributed by atoms with Crippen LogP contribution < -0.4 is 32.1 Å². The molecule has 0 aliphatic carbocycles. The van der Waals surface area contributed by atoms with E-state index in [1.807, 2.05) is 0 Å². The zero-order chi connectivity index (χ0) is 30.6. The summed E-state index contributed by atoms with van der Waals surface area (Å²) < 4.78 is 28.3. The number of ether oxygens (including phenoxy) is 2. The van der Waals surface area contributed by atoms with Gasteiger partial charge in [0.15, 0.2) is 0 Å². The van der Waals surface area contributed by atoms with Gasteiger partial charge >= 0.3 is 11.9 Å². The highest BCUT2D eigenvalue weighted by Gasteiger charge is 2.22. The van der Waals surface area contributed by atoms with Gasteiger partial charge in [-0.3, -0.25) is 9.59 Å². The first-order chi connectivity index (χ1) is 20.9. The molecule has 0 fully saturated rings. The first kappa shape index (κ1) is 29.5. The second kappa shape index (κ2) is 14.2. The van der Waals surface area contributed by atoms with Gasteiger partial charge in [0.05, 0.1) is 19.9 Å². The van der Waals surface area contributed by atoms with Gasteiger partial charge in [-0.1, -0.05) is 10.4 Å². The maximum Gasteiger partial charge on any atom is 0.327 e. The molecule has 26 nitrogen and oxygen atoms in total. The van der Waals surface area contributed by atoms with Crippen molar-refractivity contribution in [2.75, 3.05) is 65.1 Å². The summed E-state index contributed by atoms with van der Waals surface area (Å²) in [5.74, 6) is -1.99. The number of carbonyl (C=O) groups excluding carboxylic acids is 2. The van der Waals surface area contributed by atoms with Crippen molar-refractivity contribution in [3.8, 4) is 0 Å². The number of nitrogens with one attached hydrogen (secondary N) is 2. The number of hydrogen-bond acceptors (Lipinski definition) is 24. The van der Waals surface area contributed by atoms with Crippen molar-refractivity contribution in [3.63, 3.8) is 0 Å². The maximum atomic E-state index is 12.0. The molecule has 0 bridgehead atoms. The van der Waals surface area contributed by atoms with Gasteiger partial charge in [0, 0.05) is 0 Å². The van der Waals surface area contributed by atoms with Crippen LogP contribution in [0.4, 0.5) is 46.5 Å². The summed E-state index contributed by atoms with van der Waals surface area (Å²) in [4.78, 5) is 24.0. The molecule has 0 aromatic carbocycles. The lowest BCUT2D eigenvalue weighted by Gasteiger charge is -2.12. The van der Waals surface area contributed by atoms with Crippen LogP contribution in [0, 0.1) is 0 Å². The minimum atomic E-state index is -0.649. The molecular formula is C17H22N18O8. The minimum absolute atomic E-state index is 0.0211. The van der Waals surface area contributed by atoms with E-state index in [2.05, 4.69) is 81.8 Å². The van der Waals surface area contributed by atoms with Gasteiger partial charge in [0.2, 0.25) is 34.9 Å². The van der Waals surface area contributed by atoms with Crippen LogP contribution in [0.3, 0.4) is 0 Å². The molecule has 0 atom stereocenters. The summed E-state index contributed by atoms with van der Waals surface area (Å²) in [5, 5.41) is 51.9. The number of nitrogen functional groups attached to an aromatic ring is 2. The number of nitrogens with zero attached hydrogens (tertiary/aromatic N) is 14. The lowest BCUT2D eigenvalue weighted by molar-refractivity contribution is -0.142. The number of aromatic nitrogens is 8. The summed E-state index contributed by atoms with van der Waals surface area (Å²) in [6.07, 6.45) is 0. The van der Waals surface area contributed by atoms with Gasteiger partial charge < -0.3 is 31.6 Å². The van der Waals surface area contributed by atoms with Crippen molar-refractivity contribution >= 4 is 58.5 Å². The molecule has 0 aliphatic heterocycles. The molecule has 0 saturated carbocycles. The van der Waals surface area contributed by atoms with Crippen LogP contribution in [-0.2, 0) is 19.1 Å². The molecule has 0 aliphatic rings. The number of hydrogen-bond donors (Lipinski definition) is 4. The van der Waals surface area contributed by atoms with Gasteiger partial charge in [-0.15, -0.1) is 10.2 Å². The highest BCUT2D eigenvalue weighted by atomic mass is 16.6. The summed E-state index contributed by atoms with van der Waals surface area (Å²) in [7, 11) is 0. The predicted molar refractivity (Wildman–Crippen MR) is 135 cm³/mol. The van der Waals surface area contributed by atoms with E-state index in [1.165, 1.54) is 0 Å². The fourth-order valence-corrected chi connectivity index (χ4v) is 2.82. The first-order valence-electron chi connectivity index (χ1n) is 11.9. The standard InChI is InChI=1S/C17H22N18O8/c1-3-38-8(36)5-34(16-10(18)24-40-30-16)32-22-14-12(26-42-28-14)20-7-21-13-15(29-43-27-13)23-33-35(6-9(37)39-4-2)17-11(19)25-41-31-17/h3-7H2,1-2H3,(H2,18,24)(H2,19,25)(H,20,26)(H,21,27). The van der Waals surface area contributed by atoms with Gasteiger partial charge in [-0.05, 0) is 55.1 Å². The molecule has 0 unspecified atom stereocenters. The Morgan fingerprint density at radius 3 is 1.49 bits per heavy atom. The number of nitrogens with two attached hydrogens (primary N) is 2. The topological polar surface area (TPSA) is 340 Å².